The minimum absolute atomic E-state index is 0.369. The van der Waals surface area contributed by atoms with Crippen LogP contribution in [0.5, 0.6) is 0 Å². The van der Waals surface area contributed by atoms with E-state index in [9.17, 15) is 0 Å². The molecule has 2 saturated carbocycles. The van der Waals surface area contributed by atoms with E-state index in [4.69, 9.17) is 16.7 Å². The Bertz CT molecular complexity index is 731. The summed E-state index contributed by atoms with van der Waals surface area (Å²) in [5.41, 5.74) is 1.36. The van der Waals surface area contributed by atoms with E-state index in [1.54, 1.807) is 0 Å². The molecule has 154 valence electrons. The maximum absolute atomic E-state index is 6.54. The second-order valence-corrected chi connectivity index (χ2v) is 11.4. The van der Waals surface area contributed by atoms with Gasteiger partial charge >= 0.3 is 186 Å². The Hall–Kier alpha value is -0.750. The molecule has 0 bridgehead atoms. The molecular formula is C23H32ClIN3-. The summed E-state index contributed by atoms with van der Waals surface area (Å²) in [5.74, 6) is 1.83. The second-order valence-electron chi connectivity index (χ2n) is 8.33. The Labute approximate surface area is 185 Å². The Balaban J connectivity index is 1.58. The van der Waals surface area contributed by atoms with E-state index in [0.29, 0.717) is 12.0 Å². The van der Waals surface area contributed by atoms with Crippen LogP contribution in [0.25, 0.3) is 0 Å². The normalized spacial score (nSPS) is 20.0. The number of aromatic nitrogens is 2. The van der Waals surface area contributed by atoms with Crippen molar-refractivity contribution < 1.29 is 21.5 Å². The monoisotopic (exact) mass is 512 g/mol. The molecule has 2 fully saturated rings. The summed E-state index contributed by atoms with van der Waals surface area (Å²) in [7, 11) is 0. The summed E-state index contributed by atoms with van der Waals surface area (Å²) in [6, 6.07) is 11.4. The van der Waals surface area contributed by atoms with Crippen LogP contribution in [0, 0.1) is 3.57 Å². The molecule has 1 aromatic carbocycles. The van der Waals surface area contributed by atoms with Gasteiger partial charge in [-0.05, 0) is 0 Å². The molecule has 0 aliphatic heterocycles. The van der Waals surface area contributed by atoms with Crippen LogP contribution in [0.2, 0.25) is 5.02 Å². The van der Waals surface area contributed by atoms with Crippen LogP contribution in [0.1, 0.15) is 88.7 Å². The number of anilines is 1. The number of hydrogen-bond acceptors (Lipinski definition) is 2. The number of rotatable bonds is 5. The molecule has 5 heteroatoms. The predicted molar refractivity (Wildman–Crippen MR) is 113 cm³/mol. The number of nitrogens with zero attached hydrogens (tertiary/aromatic N) is 2. The van der Waals surface area contributed by atoms with Gasteiger partial charge in [0.1, 0.15) is 0 Å². The zero-order valence-corrected chi connectivity index (χ0v) is 19.6. The topological polar surface area (TPSA) is 31.9 Å². The summed E-state index contributed by atoms with van der Waals surface area (Å²) in [6.07, 6.45) is 16.1. The Morgan fingerprint density at radius 3 is 2.21 bits per heavy atom. The van der Waals surface area contributed by atoms with E-state index < -0.39 is 0 Å². The third-order valence-corrected chi connectivity index (χ3v) is 10.2. The van der Waals surface area contributed by atoms with Crippen molar-refractivity contribution in [1.82, 2.24) is 10.2 Å². The summed E-state index contributed by atoms with van der Waals surface area (Å²) in [5, 5.41) is 9.18. The molecule has 2 aromatic rings. The van der Waals surface area contributed by atoms with Gasteiger partial charge in [-0.2, -0.15) is 0 Å². The van der Waals surface area contributed by atoms with Gasteiger partial charge < -0.3 is 0 Å². The average molecular weight is 513 g/mol. The molecule has 1 N–H and O–H groups in total. The fourth-order valence-corrected chi connectivity index (χ4v) is 7.76. The molecule has 0 amide bonds. The quantitative estimate of drug-likeness (QED) is 0.374. The Morgan fingerprint density at radius 2 is 1.54 bits per heavy atom. The maximum atomic E-state index is 6.54. The van der Waals surface area contributed by atoms with Crippen molar-refractivity contribution in [3.63, 3.8) is 0 Å². The number of H-pyrrole nitrogens is 1. The summed E-state index contributed by atoms with van der Waals surface area (Å²) < 4.78 is 3.95. The minimum atomic E-state index is -0.369. The van der Waals surface area contributed by atoms with E-state index >= 15 is 0 Å². The van der Waals surface area contributed by atoms with Gasteiger partial charge in [0.25, 0.3) is 0 Å². The van der Waals surface area contributed by atoms with Gasteiger partial charge in [-0.3, -0.25) is 0 Å². The van der Waals surface area contributed by atoms with Gasteiger partial charge in [-0.25, -0.2) is 0 Å². The number of nitrogens with one attached hydrogen (secondary N) is 1. The standard InChI is InChI=1S/C23H32ClIN3/c24-20-15-9-10-16-21(20)25-28(19-13-7-3-4-8-14-19)23-17-22(26-27-23)18-11-5-1-2-6-12-18/h9-10,15-19H,1-8,11-14H2,(H,26,27)/q-1. The molecule has 2 aliphatic rings. The zero-order valence-electron chi connectivity index (χ0n) is 16.7. The van der Waals surface area contributed by atoms with Gasteiger partial charge in [-0.15, -0.1) is 0 Å². The first-order valence-corrected chi connectivity index (χ1v) is 13.5. The second kappa shape index (κ2) is 10.3. The van der Waals surface area contributed by atoms with Gasteiger partial charge in [-0.1, -0.05) is 0 Å². The third kappa shape index (κ3) is 5.24. The first-order chi connectivity index (χ1) is 13.8. The molecule has 1 aromatic heterocycles. The van der Waals surface area contributed by atoms with Crippen LogP contribution in [-0.2, 0) is 0 Å². The molecule has 2 aliphatic carbocycles. The van der Waals surface area contributed by atoms with Crippen LogP contribution in [-0.4, -0.2) is 16.2 Å². The van der Waals surface area contributed by atoms with Crippen molar-refractivity contribution in [2.24, 2.45) is 0 Å². The Morgan fingerprint density at radius 1 is 0.893 bits per heavy atom. The fraction of sp³-hybridized carbons (Fsp3) is 0.609. The number of hydrogen-bond donors (Lipinski definition) is 1. The Kier molecular flexibility index (Phi) is 7.57. The molecular weight excluding hydrogens is 481 g/mol. The average Bonchev–Trinajstić information content (AvgIpc) is 2.90. The molecule has 0 atom stereocenters. The number of benzene rings is 1. The van der Waals surface area contributed by atoms with Crippen molar-refractivity contribution in [1.29, 1.82) is 0 Å². The fourth-order valence-electron chi connectivity index (χ4n) is 4.62. The summed E-state index contributed by atoms with van der Waals surface area (Å²) in [4.78, 5) is 0. The van der Waals surface area contributed by atoms with Crippen LogP contribution in [0.4, 0.5) is 5.82 Å². The van der Waals surface area contributed by atoms with Gasteiger partial charge in [0.05, 0.1) is 0 Å². The first kappa shape index (κ1) is 20.5. The SMILES string of the molecule is Clc1ccccc1[I-]N(c1cc(C2CCCCCC2)[nH]n1)C1CCCCCC1. The van der Waals surface area contributed by atoms with Gasteiger partial charge in [0.2, 0.25) is 0 Å². The summed E-state index contributed by atoms with van der Waals surface area (Å²) in [6.45, 7) is 0. The number of halogens is 2. The van der Waals surface area contributed by atoms with Crippen molar-refractivity contribution in [2.45, 2.75) is 89.0 Å². The van der Waals surface area contributed by atoms with E-state index in [1.807, 2.05) is 12.1 Å². The molecule has 3 nitrogen and oxygen atoms in total. The van der Waals surface area contributed by atoms with E-state index in [1.165, 1.54) is 92.1 Å². The first-order valence-electron chi connectivity index (χ1n) is 11.1. The molecule has 4 rings (SSSR count). The van der Waals surface area contributed by atoms with Crippen LogP contribution >= 0.6 is 11.6 Å². The van der Waals surface area contributed by atoms with Gasteiger partial charge in [0, 0.05) is 0 Å². The van der Waals surface area contributed by atoms with Crippen molar-refractivity contribution in [3.05, 3.63) is 44.6 Å². The van der Waals surface area contributed by atoms with Gasteiger partial charge in [0.15, 0.2) is 0 Å². The zero-order chi connectivity index (χ0) is 19.2. The molecule has 0 unspecified atom stereocenters. The molecule has 0 saturated heterocycles. The van der Waals surface area contributed by atoms with Crippen LogP contribution in [0.15, 0.2) is 30.3 Å². The molecule has 0 radical (unpaired) electrons. The summed E-state index contributed by atoms with van der Waals surface area (Å²) >= 11 is 6.18. The van der Waals surface area contributed by atoms with E-state index in [-0.39, 0.29) is 21.5 Å². The molecule has 28 heavy (non-hydrogen) atoms. The van der Waals surface area contributed by atoms with Crippen LogP contribution in [0.3, 0.4) is 0 Å². The van der Waals surface area contributed by atoms with E-state index in [2.05, 4.69) is 26.4 Å². The van der Waals surface area contributed by atoms with Crippen molar-refractivity contribution in [3.8, 4) is 0 Å². The third-order valence-electron chi connectivity index (χ3n) is 6.25. The number of aromatic amines is 1. The molecule has 0 spiro atoms. The van der Waals surface area contributed by atoms with Crippen LogP contribution < -0.4 is 24.6 Å². The van der Waals surface area contributed by atoms with Crippen molar-refractivity contribution >= 4 is 17.4 Å². The van der Waals surface area contributed by atoms with Crippen molar-refractivity contribution in [2.75, 3.05) is 3.11 Å². The molecule has 1 heterocycles. The van der Waals surface area contributed by atoms with E-state index in [0.717, 1.165) is 5.02 Å². The predicted octanol–water partition coefficient (Wildman–Crippen LogP) is 3.90.